The summed E-state index contributed by atoms with van der Waals surface area (Å²) in [6.45, 7) is 3.92. The zero-order valence-electron chi connectivity index (χ0n) is 14.8. The molecular formula is C19H22ClN3O3. The van der Waals surface area contributed by atoms with E-state index in [1.165, 1.54) is 6.33 Å². The molecule has 26 heavy (non-hydrogen) atoms. The van der Waals surface area contributed by atoms with Crippen LogP contribution in [0.5, 0.6) is 0 Å². The Kier molecular flexibility index (Phi) is 2.91. The summed E-state index contributed by atoms with van der Waals surface area (Å²) in [5, 5.41) is 12.4. The number of fused-ring (bicyclic) bond motifs is 4. The average Bonchev–Trinajstić information content (AvgIpc) is 3.47. The molecule has 2 unspecified atom stereocenters. The van der Waals surface area contributed by atoms with Crippen LogP contribution in [0.4, 0.5) is 0 Å². The van der Waals surface area contributed by atoms with Gasteiger partial charge in [-0.3, -0.25) is 0 Å². The number of aromatic nitrogens is 3. The summed E-state index contributed by atoms with van der Waals surface area (Å²) in [7, 11) is 0. The molecule has 2 aromatic heterocycles. The first-order valence-electron chi connectivity index (χ1n) is 9.43. The summed E-state index contributed by atoms with van der Waals surface area (Å²) in [6, 6.07) is 2.06. The molecule has 0 spiro atoms. The Balaban J connectivity index is 1.47. The smallest absolute Gasteiger partial charge is 0.163 e. The summed E-state index contributed by atoms with van der Waals surface area (Å²) in [4.78, 5) is 8.56. The first-order chi connectivity index (χ1) is 12.4. The third kappa shape index (κ3) is 1.88. The number of hydrogen-bond acceptors (Lipinski definition) is 5. The van der Waals surface area contributed by atoms with E-state index < -0.39 is 5.79 Å². The predicted octanol–water partition coefficient (Wildman–Crippen LogP) is 2.94. The van der Waals surface area contributed by atoms with Gasteiger partial charge >= 0.3 is 0 Å². The molecule has 3 aliphatic carbocycles. The lowest BCUT2D eigenvalue weighted by Gasteiger charge is -2.27. The number of halogens is 1. The fourth-order valence-electron chi connectivity index (χ4n) is 5.66. The monoisotopic (exact) mass is 375 g/mol. The van der Waals surface area contributed by atoms with Crippen LogP contribution in [-0.4, -0.2) is 43.7 Å². The molecule has 7 heteroatoms. The van der Waals surface area contributed by atoms with Crippen molar-refractivity contribution in [3.63, 3.8) is 0 Å². The number of nitrogens with zero attached hydrogens (tertiary/aromatic N) is 3. The highest BCUT2D eigenvalue weighted by atomic mass is 35.5. The minimum absolute atomic E-state index is 0.0714. The van der Waals surface area contributed by atoms with Crippen molar-refractivity contribution in [3.05, 3.63) is 23.7 Å². The molecule has 4 aliphatic rings. The molecule has 3 heterocycles. The Bertz CT molecular complexity index is 911. The Morgan fingerprint density at radius 2 is 2.12 bits per heavy atom. The maximum Gasteiger partial charge on any atom is 0.163 e. The lowest BCUT2D eigenvalue weighted by atomic mass is 9.89. The third-order valence-electron chi connectivity index (χ3n) is 6.91. The molecule has 0 radical (unpaired) electrons. The second kappa shape index (κ2) is 4.79. The van der Waals surface area contributed by atoms with Crippen LogP contribution in [0.2, 0.25) is 5.15 Å². The van der Waals surface area contributed by atoms with E-state index >= 15 is 0 Å². The van der Waals surface area contributed by atoms with Crippen LogP contribution in [0, 0.1) is 17.3 Å². The van der Waals surface area contributed by atoms with Gasteiger partial charge in [0, 0.05) is 11.6 Å². The molecule has 1 N–H and O–H groups in total. The normalized spacial score (nSPS) is 41.2. The molecule has 2 aromatic rings. The van der Waals surface area contributed by atoms with Gasteiger partial charge in [-0.2, -0.15) is 0 Å². The summed E-state index contributed by atoms with van der Waals surface area (Å²) >= 11 is 6.25. The van der Waals surface area contributed by atoms with Crippen LogP contribution >= 0.6 is 11.6 Å². The van der Waals surface area contributed by atoms with Crippen LogP contribution in [0.15, 0.2) is 18.6 Å². The van der Waals surface area contributed by atoms with Gasteiger partial charge in [0.15, 0.2) is 5.79 Å². The largest absolute Gasteiger partial charge is 0.392 e. The Morgan fingerprint density at radius 3 is 2.88 bits per heavy atom. The van der Waals surface area contributed by atoms with Gasteiger partial charge in [0.1, 0.15) is 23.2 Å². The van der Waals surface area contributed by atoms with Gasteiger partial charge in [-0.25, -0.2) is 9.97 Å². The lowest BCUT2D eigenvalue weighted by molar-refractivity contribution is -0.167. The van der Waals surface area contributed by atoms with Crippen molar-refractivity contribution >= 4 is 22.6 Å². The Morgan fingerprint density at radius 1 is 1.31 bits per heavy atom. The number of rotatable bonds is 3. The zero-order chi connectivity index (χ0) is 17.8. The molecule has 4 fully saturated rings. The van der Waals surface area contributed by atoms with E-state index in [4.69, 9.17) is 21.1 Å². The molecular weight excluding hydrogens is 354 g/mol. The summed E-state index contributed by atoms with van der Waals surface area (Å²) in [5.41, 5.74) is 0.642. The second-order valence-corrected chi connectivity index (χ2v) is 9.20. The standard InChI is InChI=1S/C19H22ClN3O3/c1-18(2)25-13-12(23-6-5-10-16(20)21-8-22-17(10)23)11-7-19(11,15(13)26-18)14(24)9-3-4-9/h5-6,8-9,11-15,24H,3-4,7H2,1-2H3/t11-,12-,13+,14?,15+,19?/m1/s1. The molecule has 0 bridgehead atoms. The quantitative estimate of drug-likeness (QED) is 0.835. The predicted molar refractivity (Wildman–Crippen MR) is 94.7 cm³/mol. The summed E-state index contributed by atoms with van der Waals surface area (Å²) in [5.74, 6) is 0.130. The van der Waals surface area contributed by atoms with Gasteiger partial charge in [-0.15, -0.1) is 0 Å². The van der Waals surface area contributed by atoms with Crippen LogP contribution in [0.3, 0.4) is 0 Å². The molecule has 0 amide bonds. The van der Waals surface area contributed by atoms with Crippen molar-refractivity contribution in [2.75, 3.05) is 0 Å². The fourth-order valence-corrected chi connectivity index (χ4v) is 5.85. The molecule has 138 valence electrons. The molecule has 1 saturated heterocycles. The first kappa shape index (κ1) is 15.8. The van der Waals surface area contributed by atoms with Gasteiger partial charge in [-0.1, -0.05) is 11.6 Å². The molecule has 3 saturated carbocycles. The molecule has 6 rings (SSSR count). The van der Waals surface area contributed by atoms with Crippen molar-refractivity contribution in [1.29, 1.82) is 0 Å². The van der Waals surface area contributed by atoms with E-state index in [1.807, 2.05) is 26.1 Å². The number of aliphatic hydroxyl groups excluding tert-OH is 1. The molecule has 6 nitrogen and oxygen atoms in total. The van der Waals surface area contributed by atoms with Gasteiger partial charge < -0.3 is 19.1 Å². The van der Waals surface area contributed by atoms with E-state index in [1.54, 1.807) is 0 Å². The summed E-state index contributed by atoms with van der Waals surface area (Å²) in [6.07, 6.45) is 6.30. The highest BCUT2D eigenvalue weighted by Gasteiger charge is 2.79. The van der Waals surface area contributed by atoms with E-state index in [0.29, 0.717) is 17.0 Å². The van der Waals surface area contributed by atoms with Crippen LogP contribution < -0.4 is 0 Å². The number of ether oxygens (including phenoxy) is 2. The van der Waals surface area contributed by atoms with E-state index in [0.717, 1.165) is 30.3 Å². The van der Waals surface area contributed by atoms with Crippen molar-refractivity contribution in [2.24, 2.45) is 17.3 Å². The maximum absolute atomic E-state index is 11.1. The Labute approximate surface area is 156 Å². The van der Waals surface area contributed by atoms with Gasteiger partial charge in [0.2, 0.25) is 0 Å². The van der Waals surface area contributed by atoms with Crippen molar-refractivity contribution in [3.8, 4) is 0 Å². The van der Waals surface area contributed by atoms with Crippen LogP contribution in [-0.2, 0) is 9.47 Å². The van der Waals surface area contributed by atoms with Crippen molar-refractivity contribution < 1.29 is 14.6 Å². The molecule has 6 atom stereocenters. The van der Waals surface area contributed by atoms with E-state index in [9.17, 15) is 5.11 Å². The molecule has 0 aromatic carbocycles. The fraction of sp³-hybridized carbons (Fsp3) is 0.684. The summed E-state index contributed by atoms with van der Waals surface area (Å²) < 4.78 is 14.8. The second-order valence-electron chi connectivity index (χ2n) is 8.84. The van der Waals surface area contributed by atoms with Gasteiger partial charge in [0.25, 0.3) is 0 Å². The minimum atomic E-state index is -0.632. The highest BCUT2D eigenvalue weighted by Crippen LogP contribution is 2.74. The van der Waals surface area contributed by atoms with Crippen LogP contribution in [0.1, 0.15) is 39.2 Å². The minimum Gasteiger partial charge on any atom is -0.392 e. The topological polar surface area (TPSA) is 69.4 Å². The van der Waals surface area contributed by atoms with Crippen molar-refractivity contribution in [2.45, 2.75) is 63.3 Å². The highest BCUT2D eigenvalue weighted by molar-refractivity contribution is 6.33. The Hall–Kier alpha value is -1.21. The average molecular weight is 376 g/mol. The first-order valence-corrected chi connectivity index (χ1v) is 9.81. The number of hydrogen-bond donors (Lipinski definition) is 1. The van der Waals surface area contributed by atoms with Gasteiger partial charge in [0.05, 0.1) is 23.6 Å². The van der Waals surface area contributed by atoms with Crippen molar-refractivity contribution in [1.82, 2.24) is 14.5 Å². The van der Waals surface area contributed by atoms with E-state index in [2.05, 4.69) is 14.5 Å². The third-order valence-corrected chi connectivity index (χ3v) is 7.21. The lowest BCUT2D eigenvalue weighted by Crippen LogP contribution is -2.39. The maximum atomic E-state index is 11.1. The SMILES string of the molecule is CC1(C)O[C@H]2[C@H](n3ccc4c(Cl)ncnc43)[C@H]3CC3(C(O)C3CC3)[C@H]2O1. The van der Waals surface area contributed by atoms with E-state index in [-0.39, 0.29) is 29.8 Å². The van der Waals surface area contributed by atoms with Gasteiger partial charge in [-0.05, 0) is 51.0 Å². The van der Waals surface area contributed by atoms with Crippen LogP contribution in [0.25, 0.3) is 11.0 Å². The zero-order valence-corrected chi connectivity index (χ0v) is 15.6. The molecule has 1 aliphatic heterocycles. The number of aliphatic hydroxyl groups is 1.